The molecule has 0 aliphatic heterocycles. The molecule has 2 aromatic rings. The van der Waals surface area contributed by atoms with Crippen LogP contribution >= 0.6 is 23.8 Å². The fourth-order valence-electron chi connectivity index (χ4n) is 2.05. The first-order chi connectivity index (χ1) is 12.6. The summed E-state index contributed by atoms with van der Waals surface area (Å²) in [6, 6.07) is 13.4. The van der Waals surface area contributed by atoms with Crippen molar-refractivity contribution < 1.29 is 9.47 Å². The van der Waals surface area contributed by atoms with Gasteiger partial charge in [0.1, 0.15) is 6.61 Å². The number of hydrogen-bond donors (Lipinski definition) is 2. The van der Waals surface area contributed by atoms with Crippen LogP contribution in [0.5, 0.6) is 11.5 Å². The van der Waals surface area contributed by atoms with E-state index in [4.69, 9.17) is 39.7 Å². The molecule has 0 atom stereocenters. The number of hydrogen-bond acceptors (Lipinski definition) is 4. The van der Waals surface area contributed by atoms with Crippen molar-refractivity contribution >= 4 is 35.1 Å². The number of hydrazone groups is 1. The van der Waals surface area contributed by atoms with E-state index in [-0.39, 0.29) is 6.61 Å². The highest BCUT2D eigenvalue weighted by Gasteiger charge is 2.11. The minimum atomic E-state index is 0.104. The van der Waals surface area contributed by atoms with Crippen LogP contribution in [-0.2, 0) is 6.54 Å². The van der Waals surface area contributed by atoms with Crippen molar-refractivity contribution in [2.45, 2.75) is 6.54 Å². The van der Waals surface area contributed by atoms with E-state index in [2.05, 4.69) is 21.8 Å². The van der Waals surface area contributed by atoms with Crippen LogP contribution in [0.15, 0.2) is 47.6 Å². The molecule has 0 saturated carbocycles. The lowest BCUT2D eigenvalue weighted by molar-refractivity contribution is 0.331. The van der Waals surface area contributed by atoms with Gasteiger partial charge in [-0.05, 0) is 35.5 Å². The monoisotopic (exact) mass is 387 g/mol. The van der Waals surface area contributed by atoms with Gasteiger partial charge in [0, 0.05) is 6.54 Å². The number of nitrogens with one attached hydrogen (secondary N) is 2. The predicted molar refractivity (Wildman–Crippen MR) is 109 cm³/mol. The summed E-state index contributed by atoms with van der Waals surface area (Å²) in [5.74, 6) is 3.26. The molecule has 2 aromatic carbocycles. The summed E-state index contributed by atoms with van der Waals surface area (Å²) < 4.78 is 10.7. The van der Waals surface area contributed by atoms with E-state index in [1.54, 1.807) is 18.3 Å². The summed E-state index contributed by atoms with van der Waals surface area (Å²) >= 11 is 11.4. The van der Waals surface area contributed by atoms with Crippen molar-refractivity contribution in [1.29, 1.82) is 0 Å². The summed E-state index contributed by atoms with van der Waals surface area (Å²) in [6.07, 6.45) is 6.78. The average molecular weight is 388 g/mol. The molecule has 134 valence electrons. The molecule has 0 fully saturated rings. The molecule has 2 N–H and O–H groups in total. The summed E-state index contributed by atoms with van der Waals surface area (Å²) in [7, 11) is 1.52. The summed E-state index contributed by atoms with van der Waals surface area (Å²) in [4.78, 5) is 0. The van der Waals surface area contributed by atoms with Crippen LogP contribution < -0.4 is 20.2 Å². The molecule has 7 heteroatoms. The zero-order valence-corrected chi connectivity index (χ0v) is 15.7. The second kappa shape index (κ2) is 10.3. The Kier molecular flexibility index (Phi) is 7.75. The largest absolute Gasteiger partial charge is 0.493 e. The smallest absolute Gasteiger partial charge is 0.187 e. The predicted octanol–water partition coefficient (Wildman–Crippen LogP) is 3.36. The molecule has 0 heterocycles. The number of methoxy groups -OCH3 is 1. The Labute approximate surface area is 163 Å². The van der Waals surface area contributed by atoms with Gasteiger partial charge in [0.2, 0.25) is 0 Å². The van der Waals surface area contributed by atoms with Gasteiger partial charge in [0.25, 0.3) is 0 Å². The summed E-state index contributed by atoms with van der Waals surface area (Å²) in [5, 5.41) is 7.96. The zero-order chi connectivity index (χ0) is 18.8. The topological polar surface area (TPSA) is 54.9 Å². The van der Waals surface area contributed by atoms with Crippen molar-refractivity contribution in [3.63, 3.8) is 0 Å². The van der Waals surface area contributed by atoms with E-state index in [0.29, 0.717) is 28.2 Å². The normalized spacial score (nSPS) is 10.2. The third-order valence-electron chi connectivity index (χ3n) is 3.23. The first-order valence-corrected chi connectivity index (χ1v) is 8.47. The molecule has 0 saturated heterocycles. The molecule has 2 rings (SSSR count). The summed E-state index contributed by atoms with van der Waals surface area (Å²) in [6.45, 7) is 0.718. The highest BCUT2D eigenvalue weighted by molar-refractivity contribution is 7.80. The lowest BCUT2D eigenvalue weighted by Gasteiger charge is -2.11. The van der Waals surface area contributed by atoms with Gasteiger partial charge in [-0.2, -0.15) is 5.10 Å². The van der Waals surface area contributed by atoms with Gasteiger partial charge in [0.05, 0.1) is 18.3 Å². The fraction of sp³-hybridized carbons (Fsp3) is 0.158. The Bertz CT molecular complexity index is 820. The molecule has 5 nitrogen and oxygen atoms in total. The lowest BCUT2D eigenvalue weighted by atomic mass is 10.2. The maximum Gasteiger partial charge on any atom is 0.187 e. The van der Waals surface area contributed by atoms with Crippen LogP contribution in [0.25, 0.3) is 0 Å². The van der Waals surface area contributed by atoms with E-state index in [9.17, 15) is 0 Å². The quantitative estimate of drug-likeness (QED) is 0.330. The molecule has 26 heavy (non-hydrogen) atoms. The first-order valence-electron chi connectivity index (χ1n) is 7.68. The molecule has 0 bridgehead atoms. The Morgan fingerprint density at radius 1 is 1.35 bits per heavy atom. The highest BCUT2D eigenvalue weighted by Crippen LogP contribution is 2.35. The van der Waals surface area contributed by atoms with E-state index < -0.39 is 0 Å². The summed E-state index contributed by atoms with van der Waals surface area (Å²) in [5.41, 5.74) is 4.60. The highest BCUT2D eigenvalue weighted by atomic mass is 35.5. The second-order valence-corrected chi connectivity index (χ2v) is 5.88. The fourth-order valence-corrected chi connectivity index (χ4v) is 2.45. The second-order valence-electron chi connectivity index (χ2n) is 5.07. The lowest BCUT2D eigenvalue weighted by Crippen LogP contribution is -2.31. The van der Waals surface area contributed by atoms with E-state index >= 15 is 0 Å². The first kappa shape index (κ1) is 19.6. The number of benzene rings is 2. The van der Waals surface area contributed by atoms with Gasteiger partial charge in [-0.1, -0.05) is 47.9 Å². The van der Waals surface area contributed by atoms with Gasteiger partial charge < -0.3 is 14.8 Å². The van der Waals surface area contributed by atoms with Gasteiger partial charge >= 0.3 is 0 Å². The zero-order valence-electron chi connectivity index (χ0n) is 14.2. The third kappa shape index (κ3) is 5.96. The molecule has 0 aliphatic carbocycles. The van der Waals surface area contributed by atoms with Crippen LogP contribution in [0, 0.1) is 12.3 Å². The van der Waals surface area contributed by atoms with Crippen LogP contribution in [0.3, 0.4) is 0 Å². The number of thiocarbonyl (C=S) groups is 1. The van der Waals surface area contributed by atoms with Crippen molar-refractivity contribution in [3.8, 4) is 23.8 Å². The minimum Gasteiger partial charge on any atom is -0.493 e. The van der Waals surface area contributed by atoms with E-state index in [1.165, 1.54) is 7.11 Å². The molecule has 0 aliphatic rings. The average Bonchev–Trinajstić information content (AvgIpc) is 2.66. The van der Waals surface area contributed by atoms with Crippen molar-refractivity contribution in [1.82, 2.24) is 10.7 Å². The number of terminal acetylenes is 1. The van der Waals surface area contributed by atoms with Crippen LogP contribution in [0.2, 0.25) is 5.02 Å². The Balaban J connectivity index is 1.94. The molecule has 0 aromatic heterocycles. The van der Waals surface area contributed by atoms with Crippen LogP contribution in [0.4, 0.5) is 0 Å². The maximum atomic E-state index is 6.21. The van der Waals surface area contributed by atoms with Crippen molar-refractivity contribution in [2.75, 3.05) is 13.7 Å². The number of ether oxygens (including phenoxy) is 2. The van der Waals surface area contributed by atoms with Crippen molar-refractivity contribution in [3.05, 3.63) is 58.6 Å². The SMILES string of the molecule is C#CCOc1c(Cl)cc(/C=N\NC(=S)NCc2ccccc2)cc1OC. The molecule has 0 spiro atoms. The number of nitrogens with zero attached hydrogens (tertiary/aromatic N) is 1. The Morgan fingerprint density at radius 2 is 2.12 bits per heavy atom. The van der Waals surface area contributed by atoms with Gasteiger partial charge in [0.15, 0.2) is 16.6 Å². The molecule has 0 unspecified atom stereocenters. The van der Waals surface area contributed by atoms with Crippen LogP contribution in [-0.4, -0.2) is 25.0 Å². The van der Waals surface area contributed by atoms with Gasteiger partial charge in [-0.3, -0.25) is 5.43 Å². The third-order valence-corrected chi connectivity index (χ3v) is 3.74. The molecular weight excluding hydrogens is 370 g/mol. The Morgan fingerprint density at radius 3 is 2.81 bits per heavy atom. The molecule has 0 radical (unpaired) electrons. The van der Waals surface area contributed by atoms with Crippen molar-refractivity contribution in [2.24, 2.45) is 5.10 Å². The van der Waals surface area contributed by atoms with Gasteiger partial charge in [-0.15, -0.1) is 6.42 Å². The minimum absolute atomic E-state index is 0.104. The van der Waals surface area contributed by atoms with E-state index in [1.807, 2.05) is 30.3 Å². The maximum absolute atomic E-state index is 6.21. The van der Waals surface area contributed by atoms with Gasteiger partial charge in [-0.25, -0.2) is 0 Å². The van der Waals surface area contributed by atoms with Crippen LogP contribution in [0.1, 0.15) is 11.1 Å². The number of halogens is 1. The Hall–Kier alpha value is -2.75. The number of rotatable bonds is 7. The van der Waals surface area contributed by atoms with E-state index in [0.717, 1.165) is 11.1 Å². The molecular formula is C19H18ClN3O2S. The standard InChI is InChI=1S/C19H18ClN3O2S/c1-3-9-25-18-16(20)10-15(11-17(18)24-2)13-22-23-19(26)21-12-14-7-5-4-6-8-14/h1,4-8,10-11,13H,9,12H2,2H3,(H2,21,23,26)/b22-13-. The molecule has 0 amide bonds.